The maximum absolute atomic E-state index is 13.9. The van der Waals surface area contributed by atoms with Crippen molar-refractivity contribution in [3.8, 4) is 11.9 Å². The maximum Gasteiger partial charge on any atom is 0.416 e. The molecule has 5 rings (SSSR count). The molecule has 2 atom stereocenters. The van der Waals surface area contributed by atoms with Crippen LogP contribution in [0.2, 0.25) is 0 Å². The van der Waals surface area contributed by atoms with Gasteiger partial charge in [-0.2, -0.15) is 18.4 Å². The van der Waals surface area contributed by atoms with E-state index < -0.39 is 41.3 Å². The van der Waals surface area contributed by atoms with Gasteiger partial charge in [-0.1, -0.05) is 6.92 Å². The third kappa shape index (κ3) is 7.86. The molecule has 1 amide bonds. The zero-order valence-corrected chi connectivity index (χ0v) is 28.2. The van der Waals surface area contributed by atoms with Crippen molar-refractivity contribution >= 4 is 29.3 Å². The second-order valence-electron chi connectivity index (χ2n) is 12.8. The van der Waals surface area contributed by atoms with Crippen LogP contribution in [0.3, 0.4) is 0 Å². The third-order valence-corrected chi connectivity index (χ3v) is 8.91. The molecule has 1 fully saturated rings. The highest BCUT2D eigenvalue weighted by atomic mass is 19.4. The molecule has 0 bridgehead atoms. The number of pyridine rings is 2. The summed E-state index contributed by atoms with van der Waals surface area (Å²) >= 11 is 0. The van der Waals surface area contributed by atoms with Crippen molar-refractivity contribution in [2.24, 2.45) is 5.41 Å². The van der Waals surface area contributed by atoms with Gasteiger partial charge in [0.15, 0.2) is 0 Å². The lowest BCUT2D eigenvalue weighted by Crippen LogP contribution is -2.49. The first-order valence-electron chi connectivity index (χ1n) is 16.2. The van der Waals surface area contributed by atoms with Crippen LogP contribution in [0.5, 0.6) is 5.88 Å². The molecule has 0 spiro atoms. The van der Waals surface area contributed by atoms with Crippen LogP contribution in [-0.2, 0) is 27.0 Å². The molecule has 1 N–H and O–H groups in total. The Bertz CT molecular complexity index is 1740. The van der Waals surface area contributed by atoms with Crippen LogP contribution in [-0.4, -0.2) is 73.2 Å². The largest absolute Gasteiger partial charge is 0.481 e. The van der Waals surface area contributed by atoms with Crippen molar-refractivity contribution < 1.29 is 42.1 Å². The summed E-state index contributed by atoms with van der Waals surface area (Å²) in [6.07, 6.45) is -3.01. The fourth-order valence-electron chi connectivity index (χ4n) is 6.04. The molecule has 50 heavy (non-hydrogen) atoms. The number of nitrogens with zero attached hydrogens (tertiary/aromatic N) is 6. The van der Waals surface area contributed by atoms with Gasteiger partial charge in [0.25, 0.3) is 0 Å². The van der Waals surface area contributed by atoms with Gasteiger partial charge in [-0.05, 0) is 68.7 Å². The smallest absolute Gasteiger partial charge is 0.416 e. The number of anilines is 3. The number of ether oxygens (including phenoxy) is 3. The number of morpholine rings is 1. The van der Waals surface area contributed by atoms with Gasteiger partial charge in [0, 0.05) is 31.7 Å². The van der Waals surface area contributed by atoms with Gasteiger partial charge in [-0.15, -0.1) is 0 Å². The topological polar surface area (TPSA) is 141 Å². The number of carbonyl (C=O) groups is 2. The second-order valence-corrected chi connectivity index (χ2v) is 12.8. The van der Waals surface area contributed by atoms with E-state index in [0.29, 0.717) is 49.9 Å². The van der Waals surface area contributed by atoms with E-state index in [9.17, 15) is 33.1 Å². The van der Waals surface area contributed by atoms with E-state index >= 15 is 0 Å². The van der Waals surface area contributed by atoms with Gasteiger partial charge in [0.05, 0.1) is 72.2 Å². The Balaban J connectivity index is 1.61. The Kier molecular flexibility index (Phi) is 10.7. The predicted octanol–water partition coefficient (Wildman–Crippen LogP) is 6.20. The normalized spacial score (nSPS) is 17.8. The van der Waals surface area contributed by atoms with Gasteiger partial charge < -0.3 is 29.1 Å². The molecular weight excluding hydrogens is 657 g/mol. The Labute approximate surface area is 288 Å². The van der Waals surface area contributed by atoms with Crippen molar-refractivity contribution in [3.63, 3.8) is 0 Å². The second kappa shape index (κ2) is 14.8. The maximum atomic E-state index is 13.9. The number of alkyl halides is 3. The van der Waals surface area contributed by atoms with Crippen LogP contribution in [0.4, 0.5) is 35.2 Å². The lowest BCUT2D eigenvalue weighted by Gasteiger charge is -2.44. The molecule has 2 aromatic heterocycles. The summed E-state index contributed by atoms with van der Waals surface area (Å²) in [6.45, 7) is 6.83. The number of nitriles is 1. The lowest BCUT2D eigenvalue weighted by molar-refractivity contribution is -0.149. The van der Waals surface area contributed by atoms with Crippen LogP contribution in [0.15, 0.2) is 48.7 Å². The first-order valence-corrected chi connectivity index (χ1v) is 16.2. The molecule has 15 heteroatoms. The number of rotatable bonds is 10. The summed E-state index contributed by atoms with van der Waals surface area (Å²) in [5, 5.41) is 19.2. The summed E-state index contributed by atoms with van der Waals surface area (Å²) in [6, 6.07) is 10.9. The summed E-state index contributed by atoms with van der Waals surface area (Å²) in [5.74, 6) is -0.446. The Morgan fingerprint density at radius 3 is 2.48 bits per heavy atom. The molecule has 2 aliphatic heterocycles. The highest BCUT2D eigenvalue weighted by Crippen LogP contribution is 2.44. The van der Waals surface area contributed by atoms with Gasteiger partial charge >= 0.3 is 18.2 Å². The van der Waals surface area contributed by atoms with Crippen LogP contribution in [0, 0.1) is 16.7 Å². The molecule has 1 unspecified atom stereocenters. The average Bonchev–Trinajstić information content (AvgIpc) is 3.11. The Morgan fingerprint density at radius 2 is 1.88 bits per heavy atom. The van der Waals surface area contributed by atoms with E-state index in [0.717, 1.165) is 17.8 Å². The zero-order chi connectivity index (χ0) is 36.2. The van der Waals surface area contributed by atoms with E-state index in [-0.39, 0.29) is 36.6 Å². The highest BCUT2D eigenvalue weighted by molar-refractivity contribution is 5.90. The third-order valence-electron chi connectivity index (χ3n) is 8.91. The molecule has 266 valence electrons. The summed E-state index contributed by atoms with van der Waals surface area (Å²) in [7, 11) is 1.44. The lowest BCUT2D eigenvalue weighted by atomic mass is 9.91. The number of methoxy groups -OCH3 is 1. The van der Waals surface area contributed by atoms with Gasteiger partial charge in [0.1, 0.15) is 12.4 Å². The molecule has 2 aliphatic rings. The number of aromatic nitrogens is 2. The average molecular weight is 697 g/mol. The number of carboxylic acids is 1. The number of fused-ring (bicyclic) bond motifs is 1. The molecule has 0 radical (unpaired) electrons. The monoisotopic (exact) mass is 696 g/mol. The molecule has 3 aromatic rings. The number of aliphatic carboxylic acids is 1. The van der Waals surface area contributed by atoms with Crippen molar-refractivity contribution in [3.05, 3.63) is 71.0 Å². The Morgan fingerprint density at radius 1 is 1.14 bits per heavy atom. The van der Waals surface area contributed by atoms with Gasteiger partial charge in [-0.3, -0.25) is 9.69 Å². The quantitative estimate of drug-likeness (QED) is 0.259. The minimum absolute atomic E-state index is 0.0841. The van der Waals surface area contributed by atoms with E-state index in [2.05, 4.69) is 4.90 Å². The SMILES string of the molecule is CC[C@@H]1CC(N(Cc2cc(C#N)cc(C(F)(F)F)c2)c2ccc(N3CCOCC3)cn2)c2nc(OC)ccc2N1C(=O)OCC(C)(C)C(=O)O. The fourth-order valence-corrected chi connectivity index (χ4v) is 6.04. The van der Waals surface area contributed by atoms with E-state index in [4.69, 9.17) is 24.2 Å². The van der Waals surface area contributed by atoms with Crippen molar-refractivity contribution in [1.82, 2.24) is 9.97 Å². The minimum atomic E-state index is -4.68. The first-order chi connectivity index (χ1) is 23.7. The molecule has 1 saturated heterocycles. The Hall–Kier alpha value is -5.10. The highest BCUT2D eigenvalue weighted by Gasteiger charge is 2.42. The van der Waals surface area contributed by atoms with E-state index in [1.54, 1.807) is 24.4 Å². The minimum Gasteiger partial charge on any atom is -0.481 e. The predicted molar refractivity (Wildman–Crippen MR) is 177 cm³/mol. The van der Waals surface area contributed by atoms with Crippen molar-refractivity contribution in [2.45, 2.75) is 58.4 Å². The molecule has 0 aliphatic carbocycles. The number of hydrogen-bond acceptors (Lipinski definition) is 10. The molecule has 0 saturated carbocycles. The number of hydrogen-bond donors (Lipinski definition) is 1. The van der Waals surface area contributed by atoms with E-state index in [1.165, 1.54) is 31.9 Å². The van der Waals surface area contributed by atoms with Crippen LogP contribution in [0.25, 0.3) is 0 Å². The number of amides is 1. The van der Waals surface area contributed by atoms with Crippen LogP contribution >= 0.6 is 0 Å². The number of carbonyl (C=O) groups excluding carboxylic acids is 1. The fraction of sp³-hybridized carbons (Fsp3) is 0.457. The number of halogens is 3. The number of carboxylic acid groups (broad SMARTS) is 1. The van der Waals surface area contributed by atoms with Crippen molar-refractivity contribution in [1.29, 1.82) is 5.26 Å². The zero-order valence-electron chi connectivity index (χ0n) is 28.2. The van der Waals surface area contributed by atoms with Crippen LogP contribution < -0.4 is 19.4 Å². The van der Waals surface area contributed by atoms with Gasteiger partial charge in [-0.25, -0.2) is 14.8 Å². The molecule has 4 heterocycles. The van der Waals surface area contributed by atoms with E-state index in [1.807, 2.05) is 24.0 Å². The summed E-state index contributed by atoms with van der Waals surface area (Å²) < 4.78 is 58.3. The summed E-state index contributed by atoms with van der Waals surface area (Å²) in [5.41, 5.74) is -0.574. The molecular formula is C35H39F3N6O6. The standard InChI is InChI=1S/C35H39F3N6O6/c1-5-25-17-28(31-27(7-9-30(41-31)48-4)44(25)33(47)50-21-34(2,3)32(45)46)43(20-23-14-22(18-39)15-24(16-23)35(36,37)38)29-8-6-26(19-40-29)42-10-12-49-13-11-42/h6-9,14-16,19,25,28H,5,10-13,17,20-21H2,1-4H3,(H,45,46)/t25-,28?/m1/s1. The number of benzene rings is 1. The molecule has 12 nitrogen and oxygen atoms in total. The first kappa shape index (κ1) is 36.2. The summed E-state index contributed by atoms with van der Waals surface area (Å²) in [4.78, 5) is 40.3. The van der Waals surface area contributed by atoms with Gasteiger partial charge in [0.2, 0.25) is 5.88 Å². The molecule has 1 aromatic carbocycles. The van der Waals surface area contributed by atoms with Crippen LogP contribution in [0.1, 0.15) is 62.0 Å². The van der Waals surface area contributed by atoms with Crippen molar-refractivity contribution in [2.75, 3.05) is 54.7 Å².